The monoisotopic (exact) mass is 236 g/mol. The largest absolute Gasteiger partial charge is 0.347 e. The molecule has 0 aliphatic heterocycles. The molecule has 0 bridgehead atoms. The van der Waals surface area contributed by atoms with Crippen molar-refractivity contribution in [3.05, 3.63) is 46.4 Å². The van der Waals surface area contributed by atoms with Gasteiger partial charge in [-0.3, -0.25) is 0 Å². The van der Waals surface area contributed by atoms with E-state index in [0.717, 1.165) is 0 Å². The number of halogens is 1. The number of H-pyrrole nitrogens is 1. The van der Waals surface area contributed by atoms with Gasteiger partial charge in [-0.05, 0) is 30.7 Å². The first-order valence-corrected chi connectivity index (χ1v) is 5.32. The van der Waals surface area contributed by atoms with Crippen LogP contribution < -0.4 is 11.4 Å². The maximum Gasteiger partial charge on any atom is 0.347 e. The Labute approximate surface area is 97.1 Å². The van der Waals surface area contributed by atoms with Crippen LogP contribution in [-0.4, -0.2) is 14.8 Å². The summed E-state index contributed by atoms with van der Waals surface area (Å²) in [5, 5.41) is 6.24. The van der Waals surface area contributed by atoms with E-state index in [1.165, 1.54) is 28.8 Å². The van der Waals surface area contributed by atoms with Crippen LogP contribution in [0.1, 0.15) is 25.2 Å². The van der Waals surface area contributed by atoms with E-state index >= 15 is 0 Å². The summed E-state index contributed by atoms with van der Waals surface area (Å²) in [6, 6.07) is 5.27. The lowest BCUT2D eigenvalue weighted by atomic mass is 10.2. The van der Waals surface area contributed by atoms with Crippen molar-refractivity contribution in [2.75, 3.05) is 0 Å². The topological polar surface area (TPSA) is 76.7 Å². The van der Waals surface area contributed by atoms with E-state index in [0.29, 0.717) is 17.9 Å². The average Bonchev–Trinajstić information content (AvgIpc) is 2.71. The van der Waals surface area contributed by atoms with Gasteiger partial charge in [0.15, 0.2) is 5.82 Å². The molecule has 0 saturated carbocycles. The Balaban J connectivity index is 2.54. The lowest BCUT2D eigenvalue weighted by Gasteiger charge is -2.10. The van der Waals surface area contributed by atoms with Crippen molar-refractivity contribution in [2.45, 2.75) is 19.4 Å². The molecule has 0 amide bonds. The first kappa shape index (κ1) is 11.5. The van der Waals surface area contributed by atoms with Gasteiger partial charge in [-0.1, -0.05) is 6.92 Å². The maximum absolute atomic E-state index is 12.8. The number of hydrogen-bond acceptors (Lipinski definition) is 3. The van der Waals surface area contributed by atoms with Crippen molar-refractivity contribution in [2.24, 2.45) is 5.73 Å². The molecule has 0 fully saturated rings. The van der Waals surface area contributed by atoms with Crippen LogP contribution in [0.2, 0.25) is 0 Å². The molecule has 1 aromatic heterocycles. The van der Waals surface area contributed by atoms with E-state index in [2.05, 4.69) is 10.2 Å². The molecule has 0 aliphatic carbocycles. The molecule has 1 atom stereocenters. The Hall–Kier alpha value is -1.95. The minimum Gasteiger partial charge on any atom is -0.321 e. The molecule has 5 nitrogen and oxygen atoms in total. The quantitative estimate of drug-likeness (QED) is 0.838. The van der Waals surface area contributed by atoms with Crippen LogP contribution in [0.3, 0.4) is 0 Å². The normalized spacial score (nSPS) is 12.6. The third-order valence-electron chi connectivity index (χ3n) is 2.55. The van der Waals surface area contributed by atoms with E-state index in [4.69, 9.17) is 5.73 Å². The fourth-order valence-electron chi connectivity index (χ4n) is 1.58. The van der Waals surface area contributed by atoms with Gasteiger partial charge in [0.05, 0.1) is 11.7 Å². The summed E-state index contributed by atoms with van der Waals surface area (Å²) >= 11 is 0. The standard InChI is InChI=1S/C11H13FN4O/c1-2-9(13)10-14-15-11(17)16(10)8-5-3-7(12)4-6-8/h3-6,9H,2,13H2,1H3,(H,15,17). The molecule has 90 valence electrons. The molecule has 0 saturated heterocycles. The Morgan fingerprint density at radius 1 is 1.47 bits per heavy atom. The van der Waals surface area contributed by atoms with Gasteiger partial charge < -0.3 is 5.73 Å². The van der Waals surface area contributed by atoms with Crippen LogP contribution in [0.4, 0.5) is 4.39 Å². The molecule has 3 N–H and O–H groups in total. The lowest BCUT2D eigenvalue weighted by Crippen LogP contribution is -2.21. The zero-order valence-electron chi connectivity index (χ0n) is 9.35. The second-order valence-corrected chi connectivity index (χ2v) is 3.71. The van der Waals surface area contributed by atoms with E-state index in [-0.39, 0.29) is 17.5 Å². The minimum atomic E-state index is -0.379. The van der Waals surface area contributed by atoms with Crippen molar-refractivity contribution in [3.8, 4) is 5.69 Å². The predicted octanol–water partition coefficient (Wildman–Crippen LogP) is 1.11. The van der Waals surface area contributed by atoms with Gasteiger partial charge in [0.2, 0.25) is 0 Å². The fraction of sp³-hybridized carbons (Fsp3) is 0.273. The van der Waals surface area contributed by atoms with E-state index in [1.54, 1.807) is 0 Å². The van der Waals surface area contributed by atoms with Gasteiger partial charge in [-0.2, -0.15) is 5.10 Å². The minimum absolute atomic E-state index is 0.334. The second kappa shape index (κ2) is 4.50. The fourth-order valence-corrected chi connectivity index (χ4v) is 1.58. The maximum atomic E-state index is 12.8. The van der Waals surface area contributed by atoms with Gasteiger partial charge in [0.1, 0.15) is 5.82 Å². The van der Waals surface area contributed by atoms with Gasteiger partial charge in [-0.25, -0.2) is 18.9 Å². The molecule has 1 heterocycles. The number of aromatic nitrogens is 3. The summed E-state index contributed by atoms with van der Waals surface area (Å²) in [7, 11) is 0. The first-order valence-electron chi connectivity index (χ1n) is 5.32. The number of hydrogen-bond donors (Lipinski definition) is 2. The molecule has 0 spiro atoms. The summed E-state index contributed by atoms with van der Waals surface area (Å²) in [4.78, 5) is 11.6. The molecule has 1 unspecified atom stereocenters. The van der Waals surface area contributed by atoms with E-state index in [1.807, 2.05) is 6.92 Å². The third-order valence-corrected chi connectivity index (χ3v) is 2.55. The molecule has 0 radical (unpaired) electrons. The molecular weight excluding hydrogens is 223 g/mol. The summed E-state index contributed by atoms with van der Waals surface area (Å²) in [6.07, 6.45) is 0.658. The summed E-state index contributed by atoms with van der Waals surface area (Å²) in [5.41, 5.74) is 6.03. The number of nitrogens with one attached hydrogen (secondary N) is 1. The zero-order valence-corrected chi connectivity index (χ0v) is 9.35. The van der Waals surface area contributed by atoms with Crippen molar-refractivity contribution in [1.82, 2.24) is 14.8 Å². The summed E-state index contributed by atoms with van der Waals surface area (Å²) in [6.45, 7) is 1.90. The highest BCUT2D eigenvalue weighted by Gasteiger charge is 2.15. The zero-order chi connectivity index (χ0) is 12.4. The smallest absolute Gasteiger partial charge is 0.321 e. The number of benzene rings is 1. The van der Waals surface area contributed by atoms with Crippen molar-refractivity contribution in [3.63, 3.8) is 0 Å². The highest BCUT2D eigenvalue weighted by molar-refractivity contribution is 5.33. The molecule has 6 heteroatoms. The predicted molar refractivity (Wildman–Crippen MR) is 61.4 cm³/mol. The van der Waals surface area contributed by atoms with Gasteiger partial charge in [0.25, 0.3) is 0 Å². The van der Waals surface area contributed by atoms with Crippen LogP contribution in [0.15, 0.2) is 29.1 Å². The first-order chi connectivity index (χ1) is 8.13. The van der Waals surface area contributed by atoms with Crippen LogP contribution in [-0.2, 0) is 0 Å². The van der Waals surface area contributed by atoms with Crippen molar-refractivity contribution in [1.29, 1.82) is 0 Å². The Kier molecular flexibility index (Phi) is 3.06. The summed E-state index contributed by atoms with van der Waals surface area (Å²) in [5.74, 6) is 0.0933. The second-order valence-electron chi connectivity index (χ2n) is 3.71. The molecule has 2 rings (SSSR count). The Morgan fingerprint density at radius 2 is 2.12 bits per heavy atom. The molecule has 2 aromatic rings. The number of nitrogens with zero attached hydrogens (tertiary/aromatic N) is 2. The van der Waals surface area contributed by atoms with E-state index < -0.39 is 0 Å². The lowest BCUT2D eigenvalue weighted by molar-refractivity contribution is 0.622. The molecule has 1 aromatic carbocycles. The van der Waals surface area contributed by atoms with Crippen molar-refractivity contribution >= 4 is 0 Å². The van der Waals surface area contributed by atoms with Crippen LogP contribution in [0.5, 0.6) is 0 Å². The third kappa shape index (κ3) is 2.12. The van der Waals surface area contributed by atoms with Crippen molar-refractivity contribution < 1.29 is 4.39 Å². The Morgan fingerprint density at radius 3 is 2.71 bits per heavy atom. The van der Waals surface area contributed by atoms with Crippen LogP contribution in [0.25, 0.3) is 5.69 Å². The van der Waals surface area contributed by atoms with Gasteiger partial charge in [0, 0.05) is 0 Å². The molecular formula is C11H13FN4O. The number of nitrogens with two attached hydrogens (primary N) is 1. The highest BCUT2D eigenvalue weighted by atomic mass is 19.1. The number of rotatable bonds is 3. The summed E-state index contributed by atoms with van der Waals surface area (Å²) < 4.78 is 14.2. The Bertz CT molecular complexity index is 558. The average molecular weight is 236 g/mol. The van der Waals surface area contributed by atoms with Crippen LogP contribution in [0, 0.1) is 5.82 Å². The van der Waals surface area contributed by atoms with Crippen LogP contribution >= 0.6 is 0 Å². The van der Waals surface area contributed by atoms with Gasteiger partial charge in [-0.15, -0.1) is 0 Å². The molecule has 17 heavy (non-hydrogen) atoms. The SMILES string of the molecule is CCC(N)c1n[nH]c(=O)n1-c1ccc(F)cc1. The highest BCUT2D eigenvalue weighted by Crippen LogP contribution is 2.14. The molecule has 0 aliphatic rings. The number of aromatic amines is 1. The van der Waals surface area contributed by atoms with Gasteiger partial charge >= 0.3 is 5.69 Å². The van der Waals surface area contributed by atoms with E-state index in [9.17, 15) is 9.18 Å².